The molecule has 1 heterocycles. The van der Waals surface area contributed by atoms with Gasteiger partial charge in [-0.15, -0.1) is 0 Å². The van der Waals surface area contributed by atoms with E-state index in [1.807, 2.05) is 6.07 Å². The number of hydrogen-bond acceptors (Lipinski definition) is 3. The maximum absolute atomic E-state index is 5.62. The van der Waals surface area contributed by atoms with Crippen molar-refractivity contribution in [2.75, 3.05) is 19.8 Å². The van der Waals surface area contributed by atoms with Crippen LogP contribution in [0.4, 0.5) is 0 Å². The van der Waals surface area contributed by atoms with E-state index >= 15 is 0 Å². The van der Waals surface area contributed by atoms with E-state index in [2.05, 4.69) is 41.7 Å². The molecule has 0 radical (unpaired) electrons. The first-order valence-electron chi connectivity index (χ1n) is 7.57. The standard InChI is InChI=1S/C18H19NO2/c1-2-4-16-14(3-1)10-15(16)12-19-11-13-5-6-17-18(9-13)21-8-7-20-17/h1-6,9,15,19H,7-8,10-12H2. The van der Waals surface area contributed by atoms with Crippen molar-refractivity contribution in [1.82, 2.24) is 5.32 Å². The first-order valence-corrected chi connectivity index (χ1v) is 7.57. The van der Waals surface area contributed by atoms with Crippen LogP contribution in [0.2, 0.25) is 0 Å². The summed E-state index contributed by atoms with van der Waals surface area (Å²) < 4.78 is 11.2. The van der Waals surface area contributed by atoms with Crippen molar-refractivity contribution in [3.8, 4) is 11.5 Å². The summed E-state index contributed by atoms with van der Waals surface area (Å²) in [6, 6.07) is 14.9. The summed E-state index contributed by atoms with van der Waals surface area (Å²) in [6.45, 7) is 3.19. The Hall–Kier alpha value is -2.00. The number of fused-ring (bicyclic) bond motifs is 2. The summed E-state index contributed by atoms with van der Waals surface area (Å²) in [5, 5.41) is 3.55. The maximum atomic E-state index is 5.62. The van der Waals surface area contributed by atoms with Gasteiger partial charge in [0.2, 0.25) is 0 Å². The van der Waals surface area contributed by atoms with Crippen LogP contribution in [0.15, 0.2) is 42.5 Å². The van der Waals surface area contributed by atoms with Gasteiger partial charge in [0.05, 0.1) is 0 Å². The van der Waals surface area contributed by atoms with Crippen LogP contribution in [0.3, 0.4) is 0 Å². The largest absolute Gasteiger partial charge is 0.486 e. The fourth-order valence-corrected chi connectivity index (χ4v) is 3.13. The van der Waals surface area contributed by atoms with Gasteiger partial charge in [-0.1, -0.05) is 30.3 Å². The maximum Gasteiger partial charge on any atom is 0.161 e. The van der Waals surface area contributed by atoms with Crippen molar-refractivity contribution < 1.29 is 9.47 Å². The van der Waals surface area contributed by atoms with Crippen LogP contribution in [-0.4, -0.2) is 19.8 Å². The van der Waals surface area contributed by atoms with Gasteiger partial charge in [-0.2, -0.15) is 0 Å². The molecule has 2 aromatic rings. The topological polar surface area (TPSA) is 30.5 Å². The van der Waals surface area contributed by atoms with Crippen molar-refractivity contribution in [1.29, 1.82) is 0 Å². The van der Waals surface area contributed by atoms with Crippen LogP contribution in [0, 0.1) is 0 Å². The molecule has 1 N–H and O–H groups in total. The zero-order valence-electron chi connectivity index (χ0n) is 12.0. The van der Waals surface area contributed by atoms with Crippen LogP contribution in [0.1, 0.15) is 22.6 Å². The minimum absolute atomic E-state index is 0.642. The molecular weight excluding hydrogens is 262 g/mol. The molecule has 21 heavy (non-hydrogen) atoms. The molecule has 2 aromatic carbocycles. The molecule has 0 aromatic heterocycles. The molecule has 0 fully saturated rings. The Bertz CT molecular complexity index is 653. The normalized spacial score (nSPS) is 18.8. The molecule has 1 aliphatic carbocycles. The monoisotopic (exact) mass is 281 g/mol. The van der Waals surface area contributed by atoms with E-state index in [0.717, 1.165) is 24.6 Å². The Balaban J connectivity index is 1.34. The van der Waals surface area contributed by atoms with Gasteiger partial charge in [-0.25, -0.2) is 0 Å². The highest BCUT2D eigenvalue weighted by Gasteiger charge is 2.24. The van der Waals surface area contributed by atoms with E-state index in [0.29, 0.717) is 19.1 Å². The summed E-state index contributed by atoms with van der Waals surface area (Å²) in [5.41, 5.74) is 4.25. The van der Waals surface area contributed by atoms with Gasteiger partial charge in [0.1, 0.15) is 13.2 Å². The van der Waals surface area contributed by atoms with E-state index in [-0.39, 0.29) is 0 Å². The Labute approximate surface area is 124 Å². The zero-order chi connectivity index (χ0) is 14.1. The molecule has 1 aliphatic heterocycles. The number of ether oxygens (including phenoxy) is 2. The molecule has 1 unspecified atom stereocenters. The Morgan fingerprint density at radius 2 is 1.86 bits per heavy atom. The minimum atomic E-state index is 0.642. The second kappa shape index (κ2) is 5.41. The molecule has 0 saturated heterocycles. The zero-order valence-corrected chi connectivity index (χ0v) is 12.0. The number of hydrogen-bond donors (Lipinski definition) is 1. The Kier molecular flexibility index (Phi) is 3.28. The lowest BCUT2D eigenvalue weighted by Crippen LogP contribution is -2.28. The number of nitrogens with one attached hydrogen (secondary N) is 1. The summed E-state index contributed by atoms with van der Waals surface area (Å²) in [6.07, 6.45) is 1.20. The van der Waals surface area contributed by atoms with Crippen LogP contribution in [0.25, 0.3) is 0 Å². The molecule has 2 aliphatic rings. The van der Waals surface area contributed by atoms with Crippen molar-refractivity contribution in [3.05, 3.63) is 59.2 Å². The van der Waals surface area contributed by atoms with Crippen molar-refractivity contribution in [3.63, 3.8) is 0 Å². The number of benzene rings is 2. The van der Waals surface area contributed by atoms with Gasteiger partial charge >= 0.3 is 0 Å². The molecule has 0 spiro atoms. The third-order valence-electron chi connectivity index (χ3n) is 4.29. The fraction of sp³-hybridized carbons (Fsp3) is 0.333. The van der Waals surface area contributed by atoms with Gasteiger partial charge in [-0.3, -0.25) is 0 Å². The van der Waals surface area contributed by atoms with E-state index in [1.165, 1.54) is 23.1 Å². The quantitative estimate of drug-likeness (QED) is 0.934. The average molecular weight is 281 g/mol. The lowest BCUT2D eigenvalue weighted by molar-refractivity contribution is 0.171. The fourth-order valence-electron chi connectivity index (χ4n) is 3.13. The van der Waals surface area contributed by atoms with Crippen LogP contribution < -0.4 is 14.8 Å². The van der Waals surface area contributed by atoms with Crippen LogP contribution in [0.5, 0.6) is 11.5 Å². The molecule has 0 bridgehead atoms. The highest BCUT2D eigenvalue weighted by Crippen LogP contribution is 2.34. The molecule has 1 atom stereocenters. The van der Waals surface area contributed by atoms with E-state index in [1.54, 1.807) is 0 Å². The van der Waals surface area contributed by atoms with Gasteiger partial charge in [0.25, 0.3) is 0 Å². The van der Waals surface area contributed by atoms with E-state index < -0.39 is 0 Å². The molecule has 3 heteroatoms. The van der Waals surface area contributed by atoms with Crippen molar-refractivity contribution in [2.24, 2.45) is 0 Å². The summed E-state index contributed by atoms with van der Waals surface area (Å²) in [5.74, 6) is 2.39. The van der Waals surface area contributed by atoms with Crippen molar-refractivity contribution >= 4 is 0 Å². The SMILES string of the molecule is c1ccc2c(c1)CC2CNCc1ccc2c(c1)OCCO2. The lowest BCUT2D eigenvalue weighted by atomic mass is 9.77. The smallest absolute Gasteiger partial charge is 0.161 e. The molecule has 3 nitrogen and oxygen atoms in total. The van der Waals surface area contributed by atoms with Crippen LogP contribution >= 0.6 is 0 Å². The van der Waals surface area contributed by atoms with Crippen molar-refractivity contribution in [2.45, 2.75) is 18.9 Å². The lowest BCUT2D eigenvalue weighted by Gasteiger charge is -2.30. The highest BCUT2D eigenvalue weighted by molar-refractivity contribution is 5.44. The van der Waals surface area contributed by atoms with Gasteiger partial charge in [0.15, 0.2) is 11.5 Å². The average Bonchev–Trinajstić information content (AvgIpc) is 2.51. The number of rotatable bonds is 4. The summed E-state index contributed by atoms with van der Waals surface area (Å²) >= 11 is 0. The Morgan fingerprint density at radius 3 is 2.76 bits per heavy atom. The third kappa shape index (κ3) is 2.49. The first kappa shape index (κ1) is 12.7. The van der Waals surface area contributed by atoms with E-state index in [9.17, 15) is 0 Å². The second-order valence-electron chi connectivity index (χ2n) is 5.71. The second-order valence-corrected chi connectivity index (χ2v) is 5.71. The Morgan fingerprint density at radius 1 is 1.00 bits per heavy atom. The van der Waals surface area contributed by atoms with E-state index in [4.69, 9.17) is 9.47 Å². The molecular formula is C18H19NO2. The predicted molar refractivity (Wildman–Crippen MR) is 82.0 cm³/mol. The molecule has 0 amide bonds. The molecule has 0 saturated carbocycles. The van der Waals surface area contributed by atoms with Crippen LogP contribution in [-0.2, 0) is 13.0 Å². The summed E-state index contributed by atoms with van der Waals surface area (Å²) in [7, 11) is 0. The van der Waals surface area contributed by atoms with Gasteiger partial charge in [-0.05, 0) is 35.2 Å². The molecule has 108 valence electrons. The summed E-state index contributed by atoms with van der Waals surface area (Å²) in [4.78, 5) is 0. The highest BCUT2D eigenvalue weighted by atomic mass is 16.6. The predicted octanol–water partition coefficient (Wildman–Crippen LogP) is 2.89. The molecule has 4 rings (SSSR count). The van der Waals surface area contributed by atoms with Gasteiger partial charge < -0.3 is 14.8 Å². The first-order chi connectivity index (χ1) is 10.4. The van der Waals surface area contributed by atoms with Gasteiger partial charge in [0, 0.05) is 19.0 Å². The third-order valence-corrected chi connectivity index (χ3v) is 4.29. The minimum Gasteiger partial charge on any atom is -0.486 e.